The molecule has 25 nitrogen and oxygen atoms in total. The van der Waals surface area contributed by atoms with Gasteiger partial charge in [-0.2, -0.15) is 16.9 Å². The quantitative estimate of drug-likeness (QED) is 0.0287. The van der Waals surface area contributed by atoms with Crippen molar-refractivity contribution in [3.63, 3.8) is 0 Å². The highest BCUT2D eigenvalue weighted by Crippen LogP contribution is 2.35. The Morgan fingerprint density at radius 1 is 0.558 bits per heavy atom. The van der Waals surface area contributed by atoms with Crippen molar-refractivity contribution < 1.29 is 66.7 Å². The highest BCUT2D eigenvalue weighted by atomic mass is 35.5. The molecule has 2 fully saturated rings. The van der Waals surface area contributed by atoms with Crippen LogP contribution < -0.4 is 37.2 Å². The summed E-state index contributed by atoms with van der Waals surface area (Å²) in [6, 6.07) is 7.62. The molecule has 2 aromatic heterocycles. The minimum absolute atomic E-state index is 0.00656. The fourth-order valence-electron chi connectivity index (χ4n) is 9.17. The van der Waals surface area contributed by atoms with Crippen LogP contribution in [0.5, 0.6) is 0 Å². The van der Waals surface area contributed by atoms with Crippen molar-refractivity contribution in [1.29, 1.82) is 0 Å². The molecule has 86 heavy (non-hydrogen) atoms. The van der Waals surface area contributed by atoms with Gasteiger partial charge in [0.15, 0.2) is 5.65 Å². The summed E-state index contributed by atoms with van der Waals surface area (Å²) in [6.07, 6.45) is 10.5. The van der Waals surface area contributed by atoms with E-state index in [1.54, 1.807) is 16.8 Å². The summed E-state index contributed by atoms with van der Waals surface area (Å²) in [6.45, 7) is 14.6. The number of ether oxygens (including phenoxy) is 8. The number of urea groups is 1. The summed E-state index contributed by atoms with van der Waals surface area (Å²) in [4.78, 5) is 82.3. The largest absolute Gasteiger partial charge is 0.377 e. The van der Waals surface area contributed by atoms with E-state index in [1.165, 1.54) is 6.33 Å². The smallest absolute Gasteiger partial charge is 0.315 e. The maximum atomic E-state index is 13.0. The molecule has 2 aliphatic rings. The number of benzene rings is 1. The molecule has 3 aromatic rings. The van der Waals surface area contributed by atoms with Gasteiger partial charge in [-0.3, -0.25) is 24.0 Å². The van der Waals surface area contributed by atoms with Crippen molar-refractivity contribution in [2.75, 3.05) is 143 Å². The summed E-state index contributed by atoms with van der Waals surface area (Å²) in [7, 11) is 0. The maximum absolute atomic E-state index is 13.0. The molecule has 0 spiro atoms. The van der Waals surface area contributed by atoms with E-state index in [2.05, 4.69) is 47.2 Å². The van der Waals surface area contributed by atoms with Gasteiger partial charge in [0.05, 0.1) is 129 Å². The van der Waals surface area contributed by atoms with Crippen molar-refractivity contribution in [3.05, 3.63) is 35.6 Å². The highest BCUT2D eigenvalue weighted by molar-refractivity contribution is 8.00. The van der Waals surface area contributed by atoms with Crippen LogP contribution in [-0.2, 0) is 67.4 Å². The first-order valence-electron chi connectivity index (χ1n) is 30.5. The lowest BCUT2D eigenvalue weighted by atomic mass is 10.0. The molecule has 3 atom stereocenters. The third-order valence-corrected chi connectivity index (χ3v) is 15.4. The molecule has 1 aromatic carbocycles. The number of carbonyl (C=O) groups excluding carboxylic acids is 6. The third kappa shape index (κ3) is 29.6. The topological polar surface area (TPSA) is 304 Å². The Bertz CT molecular complexity index is 2460. The lowest BCUT2D eigenvalue weighted by molar-refractivity contribution is -0.124. The first-order valence-corrected chi connectivity index (χ1v) is 31.9. The number of fused-ring (bicyclic) bond motifs is 2. The average molecular weight is 1250 g/mol. The van der Waals surface area contributed by atoms with Gasteiger partial charge in [-0.25, -0.2) is 19.4 Å². The molecule has 0 radical (unpaired) electrons. The second kappa shape index (κ2) is 42.6. The zero-order chi connectivity index (χ0) is 61.5. The highest BCUT2D eigenvalue weighted by Gasteiger charge is 2.42. The summed E-state index contributed by atoms with van der Waals surface area (Å²) in [5.74, 6) is 0.714. The molecule has 7 amide bonds. The SMILES string of the molecule is CC(C)(C)n1nc(-c2ccc(Cl)cc2)c2c(NC(=O)CCC(=O)NCCOCCOCCOCCOCCOCCOCCOCCOCCNC(=O)CCCCCNC(=O)CCCCCNC(=O)CCCC[C@@H]3SC[C@@H]4NC(=O)N[C@@H]43)ncnc21. The molecule has 0 aliphatic carbocycles. The van der Waals surface area contributed by atoms with Crippen LogP contribution in [0.3, 0.4) is 0 Å². The number of carbonyl (C=O) groups is 6. The Labute approximate surface area is 515 Å². The number of halogens is 1. The number of hydrogen-bond acceptors (Lipinski definition) is 18. The van der Waals surface area contributed by atoms with Crippen LogP contribution in [0.1, 0.15) is 111 Å². The molecule has 0 saturated carbocycles. The molecule has 2 aliphatic heterocycles. The van der Waals surface area contributed by atoms with Crippen LogP contribution in [-0.4, -0.2) is 210 Å². The van der Waals surface area contributed by atoms with Crippen LogP contribution in [0.25, 0.3) is 22.3 Å². The molecular weight excluding hydrogens is 1150 g/mol. The number of anilines is 1. The number of nitrogens with zero attached hydrogens (tertiary/aromatic N) is 4. The van der Waals surface area contributed by atoms with Crippen LogP contribution >= 0.6 is 23.4 Å². The Morgan fingerprint density at radius 2 is 1.00 bits per heavy atom. The van der Waals surface area contributed by atoms with Crippen molar-refractivity contribution in [2.24, 2.45) is 0 Å². The van der Waals surface area contributed by atoms with E-state index in [1.807, 2.05) is 44.7 Å². The average Bonchev–Trinajstić information content (AvgIpc) is 4.32. The summed E-state index contributed by atoms with van der Waals surface area (Å²) >= 11 is 8.02. The summed E-state index contributed by atoms with van der Waals surface area (Å²) in [5.41, 5.74) is 1.58. The van der Waals surface area contributed by atoms with Gasteiger partial charge < -0.3 is 75.1 Å². The zero-order valence-electron chi connectivity index (χ0n) is 50.7. The van der Waals surface area contributed by atoms with Gasteiger partial charge in [0.25, 0.3) is 0 Å². The number of thioether (sulfide) groups is 1. The first kappa shape index (κ1) is 71.5. The number of hydrogen-bond donors (Lipinski definition) is 7. The van der Waals surface area contributed by atoms with Crippen molar-refractivity contribution in [3.8, 4) is 11.3 Å². The molecule has 5 rings (SSSR count). The van der Waals surface area contributed by atoms with E-state index >= 15 is 0 Å². The Kier molecular flexibility index (Phi) is 35.4. The number of amides is 7. The number of unbranched alkanes of at least 4 members (excludes halogenated alkanes) is 5. The number of nitrogens with one attached hydrogen (secondary N) is 7. The van der Waals surface area contributed by atoms with E-state index in [-0.39, 0.29) is 60.5 Å². The van der Waals surface area contributed by atoms with Crippen LogP contribution in [0.2, 0.25) is 5.02 Å². The van der Waals surface area contributed by atoms with Crippen molar-refractivity contribution in [2.45, 2.75) is 134 Å². The third-order valence-electron chi connectivity index (χ3n) is 13.7. The molecule has 27 heteroatoms. The standard InChI is InChI=1S/C59H94ClN11O14S/c1-59(2,3)71-57-53(54(70-71)44-16-18-45(60)19-17-44)56(65-43-66-57)68-52(76)21-20-51(75)64-25-27-79-29-31-81-33-35-83-37-39-85-41-40-84-38-36-82-34-32-80-30-28-78-26-24-63-50(74)14-7-5-11-22-61-48(72)13-6-4-10-23-62-49(73)15-9-8-12-47-55-46(42-86-47)67-58(77)69-55/h16-19,43,46-47,55H,4-15,20-42H2,1-3H3,(H,61,72)(H,62,73)(H,63,74)(H,64,75)(H2,67,69,77)(H,65,66,68,76)/t46-,47-,55-/m0/s1. The van der Waals surface area contributed by atoms with E-state index in [0.717, 1.165) is 69.1 Å². The lowest BCUT2D eigenvalue weighted by Crippen LogP contribution is -2.36. The van der Waals surface area contributed by atoms with Crippen LogP contribution in [0.4, 0.5) is 10.6 Å². The second-order valence-corrected chi connectivity index (χ2v) is 23.4. The van der Waals surface area contributed by atoms with Gasteiger partial charge in [0.2, 0.25) is 29.5 Å². The van der Waals surface area contributed by atoms with E-state index in [0.29, 0.717) is 184 Å². The van der Waals surface area contributed by atoms with E-state index < -0.39 is 5.54 Å². The predicted molar refractivity (Wildman–Crippen MR) is 328 cm³/mol. The number of rotatable bonds is 49. The van der Waals surface area contributed by atoms with E-state index in [4.69, 9.17) is 54.6 Å². The fourth-order valence-corrected chi connectivity index (χ4v) is 10.8. The Hall–Kier alpha value is -5.29. The van der Waals surface area contributed by atoms with E-state index in [9.17, 15) is 28.8 Å². The summed E-state index contributed by atoms with van der Waals surface area (Å²) < 4.78 is 46.1. The predicted octanol–water partition coefficient (Wildman–Crippen LogP) is 5.06. The zero-order valence-corrected chi connectivity index (χ0v) is 52.2. The molecule has 482 valence electrons. The second-order valence-electron chi connectivity index (χ2n) is 21.7. The lowest BCUT2D eigenvalue weighted by Gasteiger charge is -2.19. The van der Waals surface area contributed by atoms with Gasteiger partial charge >= 0.3 is 6.03 Å². The summed E-state index contributed by atoms with van der Waals surface area (Å²) in [5, 5.41) is 26.8. The molecule has 4 heterocycles. The van der Waals surface area contributed by atoms with Crippen molar-refractivity contribution in [1.82, 2.24) is 51.6 Å². The normalized spacial score (nSPS) is 15.5. The van der Waals surface area contributed by atoms with Gasteiger partial charge in [-0.1, -0.05) is 43.0 Å². The molecular formula is C59H94ClN11O14S. The molecule has 7 N–H and O–H groups in total. The van der Waals surface area contributed by atoms with Gasteiger partial charge in [0, 0.05) is 79.9 Å². The minimum Gasteiger partial charge on any atom is -0.377 e. The van der Waals surface area contributed by atoms with Crippen LogP contribution in [0.15, 0.2) is 30.6 Å². The van der Waals surface area contributed by atoms with Crippen LogP contribution in [0, 0.1) is 0 Å². The molecule has 0 bridgehead atoms. The fraction of sp³-hybridized carbons (Fsp3) is 0.712. The number of aromatic nitrogens is 4. The van der Waals surface area contributed by atoms with Gasteiger partial charge in [-0.05, 0) is 71.4 Å². The van der Waals surface area contributed by atoms with Crippen molar-refractivity contribution >= 4 is 75.8 Å². The monoisotopic (exact) mass is 1250 g/mol. The maximum Gasteiger partial charge on any atom is 0.315 e. The Balaban J connectivity index is 0.679. The minimum atomic E-state index is -0.395. The Morgan fingerprint density at radius 3 is 1.49 bits per heavy atom. The molecule has 2 saturated heterocycles. The first-order chi connectivity index (χ1) is 41.8. The van der Waals surface area contributed by atoms with Gasteiger partial charge in [0.1, 0.15) is 17.8 Å². The molecule has 0 unspecified atom stereocenters. The van der Waals surface area contributed by atoms with Gasteiger partial charge in [-0.15, -0.1) is 0 Å².